The number of benzene rings is 7. The Morgan fingerprint density at radius 1 is 0.286 bits per heavy atom. The van der Waals surface area contributed by atoms with E-state index in [9.17, 15) is 4.79 Å². The van der Waals surface area contributed by atoms with Crippen LogP contribution in [0, 0.1) is 0 Å². The average molecular weight is 535 g/mol. The molecule has 0 atom stereocenters. The molecular formula is C41H26O. The molecule has 0 saturated carbocycles. The van der Waals surface area contributed by atoms with Crippen molar-refractivity contribution in [3.63, 3.8) is 0 Å². The minimum absolute atomic E-state index is 0.0791. The zero-order valence-corrected chi connectivity index (χ0v) is 22.9. The second-order valence-electron chi connectivity index (χ2n) is 10.8. The highest BCUT2D eigenvalue weighted by atomic mass is 16.1. The second kappa shape index (κ2) is 9.83. The van der Waals surface area contributed by atoms with E-state index < -0.39 is 0 Å². The number of fused-ring (bicyclic) bond motifs is 6. The van der Waals surface area contributed by atoms with Crippen LogP contribution in [0.3, 0.4) is 0 Å². The molecule has 8 rings (SSSR count). The van der Waals surface area contributed by atoms with Crippen LogP contribution in [0.15, 0.2) is 158 Å². The monoisotopic (exact) mass is 534 g/mol. The Hall–Kier alpha value is -5.53. The molecule has 0 aliphatic heterocycles. The van der Waals surface area contributed by atoms with E-state index in [1.165, 1.54) is 11.1 Å². The number of rotatable bonds is 4. The fraction of sp³-hybridized carbons (Fsp3) is 0. The first-order chi connectivity index (χ1) is 20.8. The molecule has 1 nitrogen and oxygen atoms in total. The molecule has 1 heteroatoms. The molecule has 0 unspecified atom stereocenters. The molecule has 0 amide bonds. The molecule has 0 heterocycles. The predicted molar refractivity (Wildman–Crippen MR) is 174 cm³/mol. The van der Waals surface area contributed by atoms with Gasteiger partial charge < -0.3 is 0 Å². The maximum Gasteiger partial charge on any atom is 0.195 e. The van der Waals surface area contributed by atoms with E-state index >= 15 is 0 Å². The fourth-order valence-corrected chi connectivity index (χ4v) is 6.49. The first-order valence-corrected chi connectivity index (χ1v) is 14.3. The third kappa shape index (κ3) is 3.83. The van der Waals surface area contributed by atoms with Gasteiger partial charge in [0.2, 0.25) is 0 Å². The molecule has 1 aliphatic carbocycles. The molecule has 196 valence electrons. The largest absolute Gasteiger partial charge is 0.289 e. The van der Waals surface area contributed by atoms with Crippen LogP contribution >= 0.6 is 0 Å². The van der Waals surface area contributed by atoms with Gasteiger partial charge in [-0.1, -0.05) is 146 Å². The topological polar surface area (TPSA) is 17.1 Å². The summed E-state index contributed by atoms with van der Waals surface area (Å²) < 4.78 is 0. The van der Waals surface area contributed by atoms with Gasteiger partial charge in [-0.3, -0.25) is 4.79 Å². The van der Waals surface area contributed by atoms with Gasteiger partial charge in [0.25, 0.3) is 0 Å². The Labute approximate surface area is 244 Å². The molecule has 0 spiro atoms. The Morgan fingerprint density at radius 3 is 0.976 bits per heavy atom. The minimum Gasteiger partial charge on any atom is -0.289 e. The minimum atomic E-state index is 0.0791. The molecule has 7 aromatic carbocycles. The highest BCUT2D eigenvalue weighted by Crippen LogP contribution is 2.34. The molecule has 0 saturated heterocycles. The van der Waals surface area contributed by atoms with E-state index in [4.69, 9.17) is 0 Å². The second-order valence-corrected chi connectivity index (χ2v) is 10.8. The van der Waals surface area contributed by atoms with Crippen molar-refractivity contribution in [2.45, 2.75) is 0 Å². The van der Waals surface area contributed by atoms with Crippen molar-refractivity contribution < 1.29 is 4.79 Å². The van der Waals surface area contributed by atoms with Gasteiger partial charge in [0.15, 0.2) is 5.78 Å². The van der Waals surface area contributed by atoms with Crippen LogP contribution in [0.1, 0.15) is 11.1 Å². The molecule has 7 aromatic rings. The van der Waals surface area contributed by atoms with Crippen molar-refractivity contribution in [3.8, 4) is 22.3 Å². The van der Waals surface area contributed by atoms with Gasteiger partial charge in [-0.25, -0.2) is 0 Å². The van der Waals surface area contributed by atoms with Crippen LogP contribution in [-0.4, -0.2) is 5.78 Å². The third-order valence-electron chi connectivity index (χ3n) is 8.41. The van der Waals surface area contributed by atoms with Gasteiger partial charge in [-0.05, 0) is 67.1 Å². The standard InChI is InChI=1S/C41H26O/c42-41-37(29-17-9-3-10-18-29)39-33-23-21-31(27-13-5-1-6-14-27)25-35(33)36-26-32(28-15-7-2-8-16-28)22-24-34(36)40(39)38(41)30-19-11-4-12-20-30/h1-26H. The maximum atomic E-state index is 14.6. The number of hydrogen-bond acceptors (Lipinski definition) is 1. The lowest BCUT2D eigenvalue weighted by atomic mass is 9.91. The molecular weight excluding hydrogens is 508 g/mol. The van der Waals surface area contributed by atoms with Crippen molar-refractivity contribution in [1.82, 2.24) is 0 Å². The van der Waals surface area contributed by atoms with Gasteiger partial charge in [-0.15, -0.1) is 0 Å². The highest BCUT2D eigenvalue weighted by molar-refractivity contribution is 6.45. The van der Waals surface area contributed by atoms with Crippen LogP contribution in [0.25, 0.3) is 54.9 Å². The summed E-state index contributed by atoms with van der Waals surface area (Å²) in [6, 6.07) is 54.7. The smallest absolute Gasteiger partial charge is 0.195 e. The van der Waals surface area contributed by atoms with Gasteiger partial charge in [0.05, 0.1) is 0 Å². The summed E-state index contributed by atoms with van der Waals surface area (Å²) in [5, 5.41) is 6.55. The first kappa shape index (κ1) is 24.3. The summed E-state index contributed by atoms with van der Waals surface area (Å²) in [6.45, 7) is 0. The van der Waals surface area contributed by atoms with Crippen molar-refractivity contribution in [2.75, 3.05) is 0 Å². The van der Waals surface area contributed by atoms with E-state index in [0.717, 1.165) is 65.4 Å². The molecule has 42 heavy (non-hydrogen) atoms. The normalized spacial score (nSPS) is 12.7. The summed E-state index contributed by atoms with van der Waals surface area (Å²) in [5.74, 6) is 0.0791. The van der Waals surface area contributed by atoms with Crippen molar-refractivity contribution in [3.05, 3.63) is 179 Å². The lowest BCUT2D eigenvalue weighted by Crippen LogP contribution is -2.27. The SMILES string of the molecule is O=C1C(c2ccccc2)=c2c(c3ccc(-c4ccccc4)cc3c3cc(-c4ccccc4)ccc23)=C1c1ccccc1. The van der Waals surface area contributed by atoms with E-state index in [1.54, 1.807) is 0 Å². The quantitative estimate of drug-likeness (QED) is 0.208. The van der Waals surface area contributed by atoms with Gasteiger partial charge in [0, 0.05) is 21.6 Å². The van der Waals surface area contributed by atoms with Crippen molar-refractivity contribution in [1.29, 1.82) is 0 Å². The van der Waals surface area contributed by atoms with Crippen molar-refractivity contribution in [2.24, 2.45) is 0 Å². The van der Waals surface area contributed by atoms with E-state index in [-0.39, 0.29) is 5.78 Å². The van der Waals surface area contributed by atoms with Crippen molar-refractivity contribution >= 4 is 38.5 Å². The highest BCUT2D eigenvalue weighted by Gasteiger charge is 2.29. The lowest BCUT2D eigenvalue weighted by Gasteiger charge is -2.12. The summed E-state index contributed by atoms with van der Waals surface area (Å²) >= 11 is 0. The fourth-order valence-electron chi connectivity index (χ4n) is 6.49. The average Bonchev–Trinajstić information content (AvgIpc) is 3.38. The molecule has 0 radical (unpaired) electrons. The number of hydrogen-bond donors (Lipinski definition) is 0. The number of ketones is 1. The summed E-state index contributed by atoms with van der Waals surface area (Å²) in [6.07, 6.45) is 0. The van der Waals surface area contributed by atoms with Crippen LogP contribution < -0.4 is 10.4 Å². The number of carbonyl (C=O) groups is 1. The zero-order valence-electron chi connectivity index (χ0n) is 22.9. The number of Topliss-reactive ketones (excluding diaryl/α,β-unsaturated/α-hetero) is 1. The summed E-state index contributed by atoms with van der Waals surface area (Å²) in [4.78, 5) is 14.6. The van der Waals surface area contributed by atoms with Gasteiger partial charge in [-0.2, -0.15) is 0 Å². The van der Waals surface area contributed by atoms with E-state index in [2.05, 4.69) is 109 Å². The summed E-state index contributed by atoms with van der Waals surface area (Å²) in [7, 11) is 0. The van der Waals surface area contributed by atoms with Gasteiger partial charge in [0.1, 0.15) is 0 Å². The molecule has 0 N–H and O–H groups in total. The van der Waals surface area contributed by atoms with Crippen LogP contribution in [0.4, 0.5) is 0 Å². The van der Waals surface area contributed by atoms with Crippen LogP contribution in [0.5, 0.6) is 0 Å². The Balaban J connectivity index is 1.60. The molecule has 0 fully saturated rings. The lowest BCUT2D eigenvalue weighted by molar-refractivity contribution is -0.108. The summed E-state index contributed by atoms with van der Waals surface area (Å²) in [5.41, 5.74) is 8.11. The Kier molecular flexibility index (Phi) is 5.68. The van der Waals surface area contributed by atoms with Crippen LogP contribution in [0.2, 0.25) is 0 Å². The predicted octanol–water partition coefficient (Wildman–Crippen LogP) is 8.31. The molecule has 0 aromatic heterocycles. The first-order valence-electron chi connectivity index (χ1n) is 14.3. The molecule has 0 bridgehead atoms. The molecule has 1 aliphatic rings. The van der Waals surface area contributed by atoms with E-state index in [0.29, 0.717) is 0 Å². The maximum absolute atomic E-state index is 14.6. The Bertz CT molecular complexity index is 2100. The Morgan fingerprint density at radius 2 is 0.619 bits per heavy atom. The zero-order chi connectivity index (χ0) is 28.0. The number of carbonyl (C=O) groups excluding carboxylic acids is 1. The third-order valence-corrected chi connectivity index (χ3v) is 8.41. The van der Waals surface area contributed by atoms with E-state index in [1.807, 2.05) is 48.5 Å². The van der Waals surface area contributed by atoms with Gasteiger partial charge >= 0.3 is 0 Å². The van der Waals surface area contributed by atoms with Crippen LogP contribution in [-0.2, 0) is 4.79 Å².